The molecule has 0 bridgehead atoms. The smallest absolute Gasteiger partial charge is 0.161 e. The van der Waals surface area contributed by atoms with E-state index in [1.165, 1.54) is 0 Å². The molecule has 0 fully saturated rings. The van der Waals surface area contributed by atoms with Crippen LogP contribution in [0.2, 0.25) is 0 Å². The van der Waals surface area contributed by atoms with Crippen molar-refractivity contribution in [3.8, 4) is 11.5 Å². The van der Waals surface area contributed by atoms with E-state index >= 15 is 0 Å². The van der Waals surface area contributed by atoms with Gasteiger partial charge in [0.25, 0.3) is 0 Å². The van der Waals surface area contributed by atoms with E-state index in [-0.39, 0.29) is 0 Å². The van der Waals surface area contributed by atoms with Gasteiger partial charge >= 0.3 is 0 Å². The summed E-state index contributed by atoms with van der Waals surface area (Å²) in [4.78, 5) is 0.458. The molecule has 4 heteroatoms. The van der Waals surface area contributed by atoms with Gasteiger partial charge in [0, 0.05) is 6.42 Å². The minimum atomic E-state index is 0.458. The molecule has 0 heterocycles. The maximum absolute atomic E-state index is 5.45. The van der Waals surface area contributed by atoms with Gasteiger partial charge in [-0.1, -0.05) is 24.4 Å². The van der Waals surface area contributed by atoms with Crippen molar-refractivity contribution < 1.29 is 9.47 Å². The number of ether oxygens (including phenoxy) is 2. The van der Waals surface area contributed by atoms with Crippen LogP contribution < -0.4 is 15.2 Å². The molecule has 0 aliphatic rings. The average molecular weight is 211 g/mol. The second-order valence-corrected chi connectivity index (χ2v) is 3.24. The van der Waals surface area contributed by atoms with Gasteiger partial charge < -0.3 is 15.2 Å². The molecule has 0 aromatic heterocycles. The monoisotopic (exact) mass is 211 g/mol. The molecule has 0 aliphatic carbocycles. The molecular formula is C10H13NO2S. The number of hydrogen-bond donors (Lipinski definition) is 1. The van der Waals surface area contributed by atoms with Crippen LogP contribution in [0.15, 0.2) is 24.3 Å². The predicted molar refractivity (Wildman–Crippen MR) is 59.9 cm³/mol. The van der Waals surface area contributed by atoms with Crippen LogP contribution in [0, 0.1) is 0 Å². The largest absolute Gasteiger partial charge is 0.493 e. The Kier molecular flexibility index (Phi) is 4.19. The van der Waals surface area contributed by atoms with E-state index in [9.17, 15) is 0 Å². The van der Waals surface area contributed by atoms with E-state index in [0.29, 0.717) is 23.8 Å². The van der Waals surface area contributed by atoms with Gasteiger partial charge in [-0.2, -0.15) is 0 Å². The summed E-state index contributed by atoms with van der Waals surface area (Å²) in [5.74, 6) is 1.43. The summed E-state index contributed by atoms with van der Waals surface area (Å²) in [7, 11) is 1.61. The number of thiocarbonyl (C=S) groups is 1. The highest BCUT2D eigenvalue weighted by Crippen LogP contribution is 2.25. The first-order chi connectivity index (χ1) is 6.74. The van der Waals surface area contributed by atoms with Crippen LogP contribution in [-0.2, 0) is 0 Å². The number of rotatable bonds is 5. The van der Waals surface area contributed by atoms with Crippen molar-refractivity contribution in [2.45, 2.75) is 6.42 Å². The molecule has 0 unspecified atom stereocenters. The molecule has 76 valence electrons. The fourth-order valence-electron chi connectivity index (χ4n) is 1.000. The first-order valence-electron chi connectivity index (χ1n) is 4.28. The van der Waals surface area contributed by atoms with Crippen molar-refractivity contribution in [2.24, 2.45) is 5.73 Å². The molecule has 2 N–H and O–H groups in total. The maximum atomic E-state index is 5.45. The molecule has 14 heavy (non-hydrogen) atoms. The number of nitrogens with two attached hydrogens (primary N) is 1. The molecule has 0 saturated carbocycles. The fourth-order valence-corrected chi connectivity index (χ4v) is 1.08. The van der Waals surface area contributed by atoms with E-state index < -0.39 is 0 Å². The Morgan fingerprint density at radius 2 is 2.00 bits per heavy atom. The summed E-state index contributed by atoms with van der Waals surface area (Å²) < 4.78 is 10.6. The van der Waals surface area contributed by atoms with Crippen LogP contribution in [-0.4, -0.2) is 18.7 Å². The van der Waals surface area contributed by atoms with Crippen LogP contribution >= 0.6 is 12.2 Å². The number of benzene rings is 1. The summed E-state index contributed by atoms with van der Waals surface area (Å²) in [6, 6.07) is 7.46. The van der Waals surface area contributed by atoms with Crippen LogP contribution in [0.25, 0.3) is 0 Å². The SMILES string of the molecule is COc1ccccc1OCCC(N)=S. The van der Waals surface area contributed by atoms with Crippen LogP contribution in [0.5, 0.6) is 11.5 Å². The first kappa shape index (κ1) is 10.8. The molecule has 0 radical (unpaired) electrons. The molecule has 0 saturated heterocycles. The standard InChI is InChI=1S/C10H13NO2S/c1-12-8-4-2-3-5-9(8)13-7-6-10(11)14/h2-5H,6-7H2,1H3,(H2,11,14). The molecular weight excluding hydrogens is 198 g/mol. The molecule has 1 rings (SSSR count). The zero-order valence-corrected chi connectivity index (χ0v) is 8.84. The van der Waals surface area contributed by atoms with E-state index in [4.69, 9.17) is 27.4 Å². The number of para-hydroxylation sites is 2. The van der Waals surface area contributed by atoms with Crippen LogP contribution in [0.3, 0.4) is 0 Å². The lowest BCUT2D eigenvalue weighted by atomic mass is 10.3. The highest BCUT2D eigenvalue weighted by Gasteiger charge is 2.01. The van der Waals surface area contributed by atoms with Crippen LogP contribution in [0.1, 0.15) is 6.42 Å². The van der Waals surface area contributed by atoms with Gasteiger partial charge in [0.1, 0.15) is 0 Å². The lowest BCUT2D eigenvalue weighted by molar-refractivity contribution is 0.303. The third kappa shape index (κ3) is 3.22. The Hall–Kier alpha value is -1.29. The highest BCUT2D eigenvalue weighted by atomic mass is 32.1. The molecule has 0 aliphatic heterocycles. The normalized spacial score (nSPS) is 9.50. The zero-order chi connectivity index (χ0) is 10.4. The number of hydrogen-bond acceptors (Lipinski definition) is 3. The molecule has 1 aromatic rings. The van der Waals surface area contributed by atoms with E-state index in [1.807, 2.05) is 24.3 Å². The molecule has 1 aromatic carbocycles. The third-order valence-corrected chi connectivity index (χ3v) is 1.88. The van der Waals surface area contributed by atoms with Gasteiger partial charge in [0.05, 0.1) is 18.7 Å². The summed E-state index contributed by atoms with van der Waals surface area (Å²) >= 11 is 4.74. The third-order valence-electron chi connectivity index (χ3n) is 1.68. The molecule has 3 nitrogen and oxygen atoms in total. The molecule has 0 atom stereocenters. The number of methoxy groups -OCH3 is 1. The van der Waals surface area contributed by atoms with E-state index in [0.717, 1.165) is 5.75 Å². The quantitative estimate of drug-likeness (QED) is 0.754. The minimum Gasteiger partial charge on any atom is -0.493 e. The second kappa shape index (κ2) is 5.44. The van der Waals surface area contributed by atoms with Gasteiger partial charge in [0.2, 0.25) is 0 Å². The van der Waals surface area contributed by atoms with Gasteiger partial charge in [-0.05, 0) is 12.1 Å². The van der Waals surface area contributed by atoms with E-state index in [1.54, 1.807) is 7.11 Å². The summed E-state index contributed by atoms with van der Waals surface area (Å²) in [6.07, 6.45) is 0.577. The summed E-state index contributed by atoms with van der Waals surface area (Å²) in [5, 5.41) is 0. The van der Waals surface area contributed by atoms with Crippen molar-refractivity contribution in [3.63, 3.8) is 0 Å². The summed E-state index contributed by atoms with van der Waals surface area (Å²) in [5.41, 5.74) is 5.35. The topological polar surface area (TPSA) is 44.5 Å². The molecule has 0 amide bonds. The van der Waals surface area contributed by atoms with Gasteiger partial charge in [0.15, 0.2) is 11.5 Å². The minimum absolute atomic E-state index is 0.458. The highest BCUT2D eigenvalue weighted by molar-refractivity contribution is 7.80. The van der Waals surface area contributed by atoms with Crippen molar-refractivity contribution in [3.05, 3.63) is 24.3 Å². The van der Waals surface area contributed by atoms with Gasteiger partial charge in [-0.3, -0.25) is 0 Å². The Bertz CT molecular complexity index is 315. The van der Waals surface area contributed by atoms with Crippen molar-refractivity contribution in [2.75, 3.05) is 13.7 Å². The Balaban J connectivity index is 2.53. The Morgan fingerprint density at radius 3 is 2.57 bits per heavy atom. The summed E-state index contributed by atoms with van der Waals surface area (Å²) in [6.45, 7) is 0.482. The van der Waals surface area contributed by atoms with Crippen LogP contribution in [0.4, 0.5) is 0 Å². The van der Waals surface area contributed by atoms with Crippen molar-refractivity contribution >= 4 is 17.2 Å². The maximum Gasteiger partial charge on any atom is 0.161 e. The fraction of sp³-hybridized carbons (Fsp3) is 0.300. The predicted octanol–water partition coefficient (Wildman–Crippen LogP) is 1.75. The Morgan fingerprint density at radius 1 is 1.36 bits per heavy atom. The van der Waals surface area contributed by atoms with Crippen molar-refractivity contribution in [1.29, 1.82) is 0 Å². The van der Waals surface area contributed by atoms with Crippen molar-refractivity contribution in [1.82, 2.24) is 0 Å². The zero-order valence-electron chi connectivity index (χ0n) is 8.03. The lowest BCUT2D eigenvalue weighted by Crippen LogP contribution is -2.12. The Labute approximate surface area is 88.8 Å². The van der Waals surface area contributed by atoms with Gasteiger partial charge in [-0.15, -0.1) is 0 Å². The van der Waals surface area contributed by atoms with E-state index in [2.05, 4.69) is 0 Å². The lowest BCUT2D eigenvalue weighted by Gasteiger charge is -2.09. The van der Waals surface area contributed by atoms with Gasteiger partial charge in [-0.25, -0.2) is 0 Å². The molecule has 0 spiro atoms. The second-order valence-electron chi connectivity index (χ2n) is 2.72. The first-order valence-corrected chi connectivity index (χ1v) is 4.69. The average Bonchev–Trinajstić information content (AvgIpc) is 2.18.